The number of benzene rings is 1. The van der Waals surface area contributed by atoms with E-state index >= 15 is 0 Å². The molecule has 3 rings (SSSR count). The van der Waals surface area contributed by atoms with Gasteiger partial charge in [0.25, 0.3) is 5.88 Å². The molecule has 2 heterocycles. The van der Waals surface area contributed by atoms with Crippen molar-refractivity contribution < 1.29 is 9.84 Å². The molecular weight excluding hydrogens is 304 g/mol. The Balaban J connectivity index is 1.61. The van der Waals surface area contributed by atoms with Crippen molar-refractivity contribution in [3.63, 3.8) is 0 Å². The Kier molecular flexibility index (Phi) is 5.15. The summed E-state index contributed by atoms with van der Waals surface area (Å²) >= 11 is 0. The van der Waals surface area contributed by atoms with Gasteiger partial charge in [-0.05, 0) is 31.5 Å². The first kappa shape index (κ1) is 16.5. The molecule has 0 radical (unpaired) electrons. The smallest absolute Gasteiger partial charge is 0.257 e. The molecule has 0 saturated carbocycles. The van der Waals surface area contributed by atoms with Crippen LogP contribution in [-0.4, -0.2) is 52.3 Å². The summed E-state index contributed by atoms with van der Waals surface area (Å²) in [4.78, 5) is 13.4. The average Bonchev–Trinajstić information content (AvgIpc) is 2.56. The summed E-state index contributed by atoms with van der Waals surface area (Å²) in [5, 5.41) is 9.58. The van der Waals surface area contributed by atoms with Gasteiger partial charge in [0.1, 0.15) is 5.75 Å². The fraction of sp³-hybridized carbons (Fsp3) is 0.444. The molecule has 0 amide bonds. The van der Waals surface area contributed by atoms with E-state index < -0.39 is 0 Å². The van der Waals surface area contributed by atoms with Crippen molar-refractivity contribution in [3.8, 4) is 11.6 Å². The van der Waals surface area contributed by atoms with Crippen LogP contribution >= 0.6 is 0 Å². The number of piperazine rings is 1. The lowest BCUT2D eigenvalue weighted by molar-refractivity contribution is 0.226. The maximum atomic E-state index is 9.58. The van der Waals surface area contributed by atoms with Gasteiger partial charge in [0.05, 0.1) is 6.10 Å². The van der Waals surface area contributed by atoms with Crippen LogP contribution in [0.3, 0.4) is 0 Å². The van der Waals surface area contributed by atoms with Crippen LogP contribution in [0.2, 0.25) is 0 Å². The van der Waals surface area contributed by atoms with Crippen molar-refractivity contribution in [2.24, 2.45) is 0 Å². The van der Waals surface area contributed by atoms with Crippen LogP contribution in [0.4, 0.5) is 5.82 Å². The minimum Gasteiger partial charge on any atom is -0.508 e. The second-order valence-electron chi connectivity index (χ2n) is 6.28. The Labute approximate surface area is 142 Å². The van der Waals surface area contributed by atoms with Gasteiger partial charge in [0.15, 0.2) is 5.82 Å². The second kappa shape index (κ2) is 7.49. The SMILES string of the molecule is CC(C)Oc1nccnc1N1CCN(Cc2cccc(O)c2)CC1. The van der Waals surface area contributed by atoms with Gasteiger partial charge < -0.3 is 14.7 Å². The van der Waals surface area contributed by atoms with Gasteiger partial charge in [-0.15, -0.1) is 0 Å². The Morgan fingerprint density at radius 2 is 1.88 bits per heavy atom. The second-order valence-corrected chi connectivity index (χ2v) is 6.28. The molecule has 0 aliphatic carbocycles. The third kappa shape index (κ3) is 4.14. The fourth-order valence-electron chi connectivity index (χ4n) is 2.87. The monoisotopic (exact) mass is 328 g/mol. The predicted octanol–water partition coefficient (Wildman–Crippen LogP) is 2.29. The van der Waals surface area contributed by atoms with Crippen molar-refractivity contribution in [1.29, 1.82) is 0 Å². The summed E-state index contributed by atoms with van der Waals surface area (Å²) in [6.45, 7) is 8.47. The normalized spacial score (nSPS) is 15.7. The van der Waals surface area contributed by atoms with Crippen molar-refractivity contribution in [2.45, 2.75) is 26.5 Å². The quantitative estimate of drug-likeness (QED) is 0.909. The maximum absolute atomic E-state index is 9.58. The first-order valence-electron chi connectivity index (χ1n) is 8.34. The number of aromatic nitrogens is 2. The Morgan fingerprint density at radius 1 is 1.12 bits per heavy atom. The zero-order valence-electron chi connectivity index (χ0n) is 14.2. The number of hydrogen-bond acceptors (Lipinski definition) is 6. The Morgan fingerprint density at radius 3 is 2.58 bits per heavy atom. The van der Waals surface area contributed by atoms with Crippen LogP contribution in [-0.2, 0) is 6.54 Å². The number of anilines is 1. The van der Waals surface area contributed by atoms with E-state index in [9.17, 15) is 5.11 Å². The molecule has 1 fully saturated rings. The number of aromatic hydroxyl groups is 1. The zero-order chi connectivity index (χ0) is 16.9. The van der Waals surface area contributed by atoms with E-state index in [2.05, 4.69) is 19.8 Å². The van der Waals surface area contributed by atoms with E-state index in [0.29, 0.717) is 11.6 Å². The topological polar surface area (TPSA) is 61.7 Å². The van der Waals surface area contributed by atoms with E-state index in [0.717, 1.165) is 44.1 Å². The molecule has 1 N–H and O–H groups in total. The maximum Gasteiger partial charge on any atom is 0.257 e. The lowest BCUT2D eigenvalue weighted by Gasteiger charge is -2.35. The fourth-order valence-corrected chi connectivity index (χ4v) is 2.87. The molecule has 1 aliphatic heterocycles. The van der Waals surface area contributed by atoms with Crippen LogP contribution < -0.4 is 9.64 Å². The highest BCUT2D eigenvalue weighted by Crippen LogP contribution is 2.25. The van der Waals surface area contributed by atoms with Crippen molar-refractivity contribution >= 4 is 5.82 Å². The number of nitrogens with zero attached hydrogens (tertiary/aromatic N) is 4. The molecule has 0 atom stereocenters. The molecule has 1 saturated heterocycles. The highest BCUT2D eigenvalue weighted by Gasteiger charge is 2.22. The minimum absolute atomic E-state index is 0.0764. The van der Waals surface area contributed by atoms with Gasteiger partial charge in [-0.3, -0.25) is 4.90 Å². The van der Waals surface area contributed by atoms with Gasteiger partial charge in [0.2, 0.25) is 0 Å². The zero-order valence-corrected chi connectivity index (χ0v) is 14.2. The van der Waals surface area contributed by atoms with Gasteiger partial charge >= 0.3 is 0 Å². The largest absolute Gasteiger partial charge is 0.508 e. The number of phenols is 1. The van der Waals surface area contributed by atoms with Gasteiger partial charge in [-0.25, -0.2) is 9.97 Å². The highest BCUT2D eigenvalue weighted by molar-refractivity contribution is 5.48. The van der Waals surface area contributed by atoms with Gasteiger partial charge in [-0.1, -0.05) is 12.1 Å². The average molecular weight is 328 g/mol. The lowest BCUT2D eigenvalue weighted by atomic mass is 10.2. The molecule has 1 aromatic carbocycles. The molecule has 0 bridgehead atoms. The van der Waals surface area contributed by atoms with Crippen LogP contribution in [0.5, 0.6) is 11.6 Å². The molecule has 24 heavy (non-hydrogen) atoms. The summed E-state index contributed by atoms with van der Waals surface area (Å²) in [7, 11) is 0. The molecule has 6 heteroatoms. The first-order valence-corrected chi connectivity index (χ1v) is 8.34. The first-order chi connectivity index (χ1) is 11.6. The molecule has 1 aliphatic rings. The predicted molar refractivity (Wildman–Crippen MR) is 93.4 cm³/mol. The van der Waals surface area contributed by atoms with E-state index in [1.54, 1.807) is 18.5 Å². The van der Waals surface area contributed by atoms with Crippen LogP contribution in [0.1, 0.15) is 19.4 Å². The number of ether oxygens (including phenoxy) is 1. The molecule has 6 nitrogen and oxygen atoms in total. The lowest BCUT2D eigenvalue weighted by Crippen LogP contribution is -2.46. The van der Waals surface area contributed by atoms with Crippen molar-refractivity contribution in [2.75, 3.05) is 31.1 Å². The highest BCUT2D eigenvalue weighted by atomic mass is 16.5. The van der Waals surface area contributed by atoms with E-state index in [1.807, 2.05) is 32.0 Å². The van der Waals surface area contributed by atoms with Gasteiger partial charge in [-0.2, -0.15) is 0 Å². The third-order valence-electron chi connectivity index (χ3n) is 3.98. The van der Waals surface area contributed by atoms with E-state index in [-0.39, 0.29) is 6.10 Å². The molecule has 1 aromatic heterocycles. The van der Waals surface area contributed by atoms with Crippen LogP contribution in [0, 0.1) is 0 Å². The summed E-state index contributed by atoms with van der Waals surface area (Å²) in [6.07, 6.45) is 3.45. The Hall–Kier alpha value is -2.34. The summed E-state index contributed by atoms with van der Waals surface area (Å²) < 4.78 is 5.78. The molecular formula is C18H24N4O2. The summed E-state index contributed by atoms with van der Waals surface area (Å²) in [5.74, 6) is 1.75. The number of rotatable bonds is 5. The number of hydrogen-bond donors (Lipinski definition) is 1. The van der Waals surface area contributed by atoms with E-state index in [4.69, 9.17) is 4.74 Å². The minimum atomic E-state index is 0.0764. The van der Waals surface area contributed by atoms with Crippen molar-refractivity contribution in [1.82, 2.24) is 14.9 Å². The van der Waals surface area contributed by atoms with E-state index in [1.165, 1.54) is 0 Å². The molecule has 0 unspecified atom stereocenters. The molecule has 0 spiro atoms. The Bertz CT molecular complexity index is 670. The summed E-state index contributed by atoms with van der Waals surface area (Å²) in [5.41, 5.74) is 1.13. The number of phenolic OH excluding ortho intramolecular Hbond substituents is 1. The summed E-state index contributed by atoms with van der Waals surface area (Å²) in [6, 6.07) is 7.45. The van der Waals surface area contributed by atoms with Crippen LogP contribution in [0.25, 0.3) is 0 Å². The standard InChI is InChI=1S/C18H24N4O2/c1-14(2)24-18-17(19-6-7-20-18)22-10-8-21(9-11-22)13-15-4-3-5-16(23)12-15/h3-7,12,14,23H,8-11,13H2,1-2H3. The van der Waals surface area contributed by atoms with Crippen LogP contribution in [0.15, 0.2) is 36.7 Å². The molecule has 128 valence electrons. The third-order valence-corrected chi connectivity index (χ3v) is 3.98. The van der Waals surface area contributed by atoms with Crippen molar-refractivity contribution in [3.05, 3.63) is 42.2 Å². The van der Waals surface area contributed by atoms with Gasteiger partial charge in [0, 0.05) is 45.1 Å². The molecule has 2 aromatic rings.